The first kappa shape index (κ1) is 14.3. The Bertz CT molecular complexity index is 352. The van der Waals surface area contributed by atoms with Crippen LogP contribution >= 0.6 is 0 Å². The van der Waals surface area contributed by atoms with E-state index in [4.69, 9.17) is 10.8 Å². The van der Waals surface area contributed by atoms with E-state index in [-0.39, 0.29) is 18.4 Å². The molecule has 1 aliphatic rings. The molecule has 0 heterocycles. The van der Waals surface area contributed by atoms with Crippen molar-refractivity contribution < 1.29 is 19.5 Å². The summed E-state index contributed by atoms with van der Waals surface area (Å²) in [4.78, 5) is 33.1. The van der Waals surface area contributed by atoms with E-state index in [0.29, 0.717) is 0 Å². The molecule has 0 radical (unpaired) electrons. The van der Waals surface area contributed by atoms with E-state index >= 15 is 0 Å². The number of nitrogens with two attached hydrogens (primary N) is 1. The van der Waals surface area contributed by atoms with Gasteiger partial charge >= 0.3 is 12.0 Å². The van der Waals surface area contributed by atoms with E-state index in [1.165, 1.54) is 0 Å². The van der Waals surface area contributed by atoms with Crippen LogP contribution in [0.4, 0.5) is 4.79 Å². The van der Waals surface area contributed by atoms with E-state index < -0.39 is 23.9 Å². The molecule has 7 nitrogen and oxygen atoms in total. The number of amides is 3. The van der Waals surface area contributed by atoms with Gasteiger partial charge in [0.2, 0.25) is 5.91 Å². The molecule has 0 unspecified atom stereocenters. The molecule has 3 amide bonds. The van der Waals surface area contributed by atoms with Crippen molar-refractivity contribution in [3.05, 3.63) is 0 Å². The Morgan fingerprint density at radius 2 is 2.00 bits per heavy atom. The third-order valence-corrected chi connectivity index (χ3v) is 3.16. The molecule has 1 rings (SSSR count). The summed E-state index contributed by atoms with van der Waals surface area (Å²) < 4.78 is 0. The van der Waals surface area contributed by atoms with Crippen LogP contribution in [-0.2, 0) is 9.59 Å². The van der Waals surface area contributed by atoms with Crippen molar-refractivity contribution in [1.82, 2.24) is 10.6 Å². The van der Waals surface area contributed by atoms with Crippen molar-refractivity contribution in [3.63, 3.8) is 0 Å². The van der Waals surface area contributed by atoms with Gasteiger partial charge < -0.3 is 21.5 Å². The molecule has 0 bridgehead atoms. The summed E-state index contributed by atoms with van der Waals surface area (Å²) in [5, 5.41) is 14.0. The predicted molar refractivity (Wildman–Crippen MR) is 63.8 cm³/mol. The molecule has 7 heteroatoms. The fourth-order valence-corrected chi connectivity index (χ4v) is 1.84. The average Bonchev–Trinajstić information content (AvgIpc) is 2.21. The summed E-state index contributed by atoms with van der Waals surface area (Å²) in [6.45, 7) is 1.91. The van der Waals surface area contributed by atoms with E-state index in [1.807, 2.05) is 6.92 Å². The Balaban J connectivity index is 2.42. The summed E-state index contributed by atoms with van der Waals surface area (Å²) in [7, 11) is 0. The highest BCUT2D eigenvalue weighted by molar-refractivity contribution is 5.83. The van der Waals surface area contributed by atoms with Crippen molar-refractivity contribution in [2.75, 3.05) is 0 Å². The maximum atomic E-state index is 11.6. The van der Waals surface area contributed by atoms with Gasteiger partial charge in [0, 0.05) is 12.0 Å². The Kier molecular flexibility index (Phi) is 4.52. The van der Waals surface area contributed by atoms with Crippen molar-refractivity contribution in [2.24, 2.45) is 5.73 Å². The summed E-state index contributed by atoms with van der Waals surface area (Å²) in [5.74, 6) is -1.76. The lowest BCUT2D eigenvalue weighted by Gasteiger charge is -2.39. The van der Waals surface area contributed by atoms with Gasteiger partial charge in [-0.15, -0.1) is 0 Å². The van der Waals surface area contributed by atoms with Crippen LogP contribution in [0.15, 0.2) is 0 Å². The van der Waals surface area contributed by atoms with Crippen LogP contribution in [0.1, 0.15) is 39.0 Å². The number of carbonyl (C=O) groups is 3. The molecule has 1 saturated carbocycles. The van der Waals surface area contributed by atoms with Crippen LogP contribution in [0.2, 0.25) is 0 Å². The normalized spacial score (nSPS) is 18.3. The molecule has 102 valence electrons. The van der Waals surface area contributed by atoms with Gasteiger partial charge in [-0.25, -0.2) is 9.59 Å². The number of hydrogen-bond donors (Lipinski definition) is 4. The monoisotopic (exact) mass is 257 g/mol. The van der Waals surface area contributed by atoms with Gasteiger partial charge in [-0.05, 0) is 32.6 Å². The standard InChI is InChI=1S/C11H19N3O4/c1-11(5-2-6-11)14-10(18)13-7(9(16)17)3-4-8(12)15/h7H,2-6H2,1H3,(H2,12,15)(H,16,17)(H2,13,14,18)/t7-/m0/s1. The molecule has 5 N–H and O–H groups in total. The Morgan fingerprint density at radius 1 is 1.39 bits per heavy atom. The topological polar surface area (TPSA) is 122 Å². The molecular weight excluding hydrogens is 238 g/mol. The molecule has 0 aromatic rings. The molecule has 0 aliphatic heterocycles. The van der Waals surface area contributed by atoms with E-state index in [9.17, 15) is 14.4 Å². The third-order valence-electron chi connectivity index (χ3n) is 3.16. The van der Waals surface area contributed by atoms with Gasteiger partial charge in [-0.2, -0.15) is 0 Å². The maximum Gasteiger partial charge on any atom is 0.326 e. The molecule has 0 spiro atoms. The number of carboxylic acids is 1. The summed E-state index contributed by atoms with van der Waals surface area (Å²) in [6.07, 6.45) is 2.75. The molecular formula is C11H19N3O4. The third kappa shape index (κ3) is 4.23. The van der Waals surface area contributed by atoms with Gasteiger partial charge in [0.25, 0.3) is 0 Å². The number of carbonyl (C=O) groups excluding carboxylic acids is 2. The van der Waals surface area contributed by atoms with E-state index in [1.54, 1.807) is 0 Å². The largest absolute Gasteiger partial charge is 0.480 e. The first-order valence-corrected chi connectivity index (χ1v) is 5.92. The van der Waals surface area contributed by atoms with Crippen molar-refractivity contribution in [3.8, 4) is 0 Å². The van der Waals surface area contributed by atoms with E-state index in [0.717, 1.165) is 19.3 Å². The van der Waals surface area contributed by atoms with Gasteiger partial charge in [0.05, 0.1) is 0 Å². The Hall–Kier alpha value is -1.79. The number of carboxylic acid groups (broad SMARTS) is 1. The maximum absolute atomic E-state index is 11.6. The SMILES string of the molecule is CC1(NC(=O)N[C@@H](CCC(N)=O)C(=O)O)CCC1. The summed E-state index contributed by atoms with van der Waals surface area (Å²) in [6, 6.07) is -1.62. The highest BCUT2D eigenvalue weighted by atomic mass is 16.4. The fraction of sp³-hybridized carbons (Fsp3) is 0.727. The van der Waals surface area contributed by atoms with Crippen LogP contribution < -0.4 is 16.4 Å². The number of hydrogen-bond acceptors (Lipinski definition) is 3. The van der Waals surface area contributed by atoms with Gasteiger partial charge in [-0.3, -0.25) is 4.79 Å². The van der Waals surface area contributed by atoms with Crippen LogP contribution in [0.5, 0.6) is 0 Å². The number of rotatable bonds is 6. The Morgan fingerprint density at radius 3 is 2.39 bits per heavy atom. The van der Waals surface area contributed by atoms with Gasteiger partial charge in [-0.1, -0.05) is 0 Å². The molecule has 1 aliphatic carbocycles. The quantitative estimate of drug-likeness (QED) is 0.532. The highest BCUT2D eigenvalue weighted by Crippen LogP contribution is 2.30. The minimum atomic E-state index is -1.18. The van der Waals surface area contributed by atoms with E-state index in [2.05, 4.69) is 10.6 Å². The second kappa shape index (κ2) is 5.70. The molecule has 0 saturated heterocycles. The molecule has 1 fully saturated rings. The summed E-state index contributed by atoms with van der Waals surface area (Å²) >= 11 is 0. The zero-order valence-corrected chi connectivity index (χ0v) is 10.4. The van der Waals surface area contributed by atoms with Crippen LogP contribution in [0.25, 0.3) is 0 Å². The smallest absolute Gasteiger partial charge is 0.326 e. The predicted octanol–water partition coefficient (Wildman–Crippen LogP) is -0.0531. The molecule has 0 aromatic heterocycles. The molecule has 0 aromatic carbocycles. The lowest BCUT2D eigenvalue weighted by atomic mass is 9.79. The Labute approximate surface area is 105 Å². The minimum absolute atomic E-state index is 0.00516. The first-order valence-electron chi connectivity index (χ1n) is 5.92. The average molecular weight is 257 g/mol. The summed E-state index contributed by atoms with van der Waals surface area (Å²) in [5.41, 5.74) is 4.70. The zero-order chi connectivity index (χ0) is 13.8. The minimum Gasteiger partial charge on any atom is -0.480 e. The number of urea groups is 1. The lowest BCUT2D eigenvalue weighted by molar-refractivity contribution is -0.139. The fourth-order valence-electron chi connectivity index (χ4n) is 1.84. The number of aliphatic carboxylic acids is 1. The zero-order valence-electron chi connectivity index (χ0n) is 10.4. The highest BCUT2D eigenvalue weighted by Gasteiger charge is 2.34. The van der Waals surface area contributed by atoms with Crippen molar-refractivity contribution >= 4 is 17.9 Å². The number of primary amides is 1. The van der Waals surface area contributed by atoms with Crippen molar-refractivity contribution in [1.29, 1.82) is 0 Å². The number of nitrogens with one attached hydrogen (secondary N) is 2. The van der Waals surface area contributed by atoms with Crippen LogP contribution in [0, 0.1) is 0 Å². The van der Waals surface area contributed by atoms with Crippen molar-refractivity contribution in [2.45, 2.75) is 50.6 Å². The molecule has 18 heavy (non-hydrogen) atoms. The molecule has 1 atom stereocenters. The first-order chi connectivity index (χ1) is 8.32. The van der Waals surface area contributed by atoms with Crippen LogP contribution in [0.3, 0.4) is 0 Å². The second-order valence-electron chi connectivity index (χ2n) is 4.91. The van der Waals surface area contributed by atoms with Gasteiger partial charge in [0.1, 0.15) is 6.04 Å². The second-order valence-corrected chi connectivity index (χ2v) is 4.91. The van der Waals surface area contributed by atoms with Crippen LogP contribution in [-0.4, -0.2) is 34.6 Å². The lowest BCUT2D eigenvalue weighted by Crippen LogP contribution is -2.56. The van der Waals surface area contributed by atoms with Gasteiger partial charge in [0.15, 0.2) is 0 Å².